The lowest BCUT2D eigenvalue weighted by Gasteiger charge is -2.14. The van der Waals surface area contributed by atoms with Crippen molar-refractivity contribution in [3.8, 4) is 5.75 Å². The number of nitrogens with one attached hydrogen (secondary N) is 3. The van der Waals surface area contributed by atoms with Gasteiger partial charge in [-0.15, -0.1) is 0 Å². The smallest absolute Gasteiger partial charge is 0.255 e. The highest BCUT2D eigenvalue weighted by atomic mass is 35.5. The van der Waals surface area contributed by atoms with E-state index in [0.717, 1.165) is 12.8 Å². The van der Waals surface area contributed by atoms with Gasteiger partial charge < -0.3 is 20.7 Å². The fourth-order valence-corrected chi connectivity index (χ4v) is 2.61. The fraction of sp³-hybridized carbons (Fsp3) is 0.312. The maximum Gasteiger partial charge on any atom is 0.255 e. The van der Waals surface area contributed by atoms with E-state index in [4.69, 9.17) is 27.9 Å². The summed E-state index contributed by atoms with van der Waals surface area (Å²) in [7, 11) is 3.21. The second-order valence-corrected chi connectivity index (χ2v) is 6.36. The molecule has 7 nitrogen and oxygen atoms in total. The van der Waals surface area contributed by atoms with Crippen molar-refractivity contribution in [1.29, 1.82) is 0 Å². The zero-order valence-corrected chi connectivity index (χ0v) is 15.2. The topological polar surface area (TPSA) is 88.2 Å². The summed E-state index contributed by atoms with van der Waals surface area (Å²) < 4.78 is 5.33. The molecule has 0 bridgehead atoms. The second-order valence-electron chi connectivity index (χ2n) is 5.55. The maximum atomic E-state index is 12.3. The van der Waals surface area contributed by atoms with E-state index >= 15 is 0 Å². The number of nitrogens with zero attached hydrogens (tertiary/aromatic N) is 2. The zero-order chi connectivity index (χ0) is 18.0. The van der Waals surface area contributed by atoms with E-state index in [1.165, 1.54) is 13.3 Å². The van der Waals surface area contributed by atoms with Crippen molar-refractivity contribution < 1.29 is 9.53 Å². The van der Waals surface area contributed by atoms with Gasteiger partial charge in [0.05, 0.1) is 29.6 Å². The average Bonchev–Trinajstić information content (AvgIpc) is 3.41. The van der Waals surface area contributed by atoms with Crippen molar-refractivity contribution in [2.45, 2.75) is 18.9 Å². The maximum absolute atomic E-state index is 12.3. The summed E-state index contributed by atoms with van der Waals surface area (Å²) >= 11 is 12.3. The Morgan fingerprint density at radius 3 is 2.68 bits per heavy atom. The van der Waals surface area contributed by atoms with Crippen molar-refractivity contribution in [2.75, 3.05) is 24.8 Å². The van der Waals surface area contributed by atoms with Crippen LogP contribution in [0, 0.1) is 0 Å². The Morgan fingerprint density at radius 1 is 1.28 bits per heavy atom. The van der Waals surface area contributed by atoms with Crippen LogP contribution in [-0.4, -0.2) is 36.1 Å². The molecule has 1 fully saturated rings. The third kappa shape index (κ3) is 4.05. The number of halogens is 2. The first kappa shape index (κ1) is 17.6. The van der Waals surface area contributed by atoms with Crippen LogP contribution in [0.5, 0.6) is 5.75 Å². The van der Waals surface area contributed by atoms with Crippen molar-refractivity contribution in [1.82, 2.24) is 15.3 Å². The molecule has 0 aliphatic heterocycles. The summed E-state index contributed by atoms with van der Waals surface area (Å²) in [6, 6.07) is 3.45. The zero-order valence-electron chi connectivity index (χ0n) is 13.7. The Morgan fingerprint density at radius 2 is 2.04 bits per heavy atom. The Hall–Kier alpha value is -2.25. The number of methoxy groups -OCH3 is 1. The highest BCUT2D eigenvalue weighted by Crippen LogP contribution is 2.33. The molecule has 1 aromatic heterocycles. The number of hydrogen-bond acceptors (Lipinski definition) is 6. The lowest BCUT2D eigenvalue weighted by molar-refractivity contribution is 0.0948. The quantitative estimate of drug-likeness (QED) is 0.709. The van der Waals surface area contributed by atoms with Crippen molar-refractivity contribution in [3.63, 3.8) is 0 Å². The van der Waals surface area contributed by atoms with Gasteiger partial charge in [-0.3, -0.25) is 4.79 Å². The third-order valence-electron chi connectivity index (χ3n) is 3.67. The highest BCUT2D eigenvalue weighted by molar-refractivity contribution is 6.34. The van der Waals surface area contributed by atoms with Gasteiger partial charge in [-0.1, -0.05) is 23.2 Å². The highest BCUT2D eigenvalue weighted by Gasteiger charge is 2.26. The van der Waals surface area contributed by atoms with Gasteiger partial charge in [0, 0.05) is 19.2 Å². The van der Waals surface area contributed by atoms with Gasteiger partial charge in [-0.2, -0.15) is 4.98 Å². The molecule has 1 aliphatic rings. The molecular formula is C16H17Cl2N5O2. The number of amides is 1. The largest absolute Gasteiger partial charge is 0.496 e. The van der Waals surface area contributed by atoms with Gasteiger partial charge in [-0.05, 0) is 18.9 Å². The lowest BCUT2D eigenvalue weighted by Crippen LogP contribution is -2.25. The van der Waals surface area contributed by atoms with Crippen molar-refractivity contribution >= 4 is 46.6 Å². The first-order valence-electron chi connectivity index (χ1n) is 7.67. The summed E-state index contributed by atoms with van der Waals surface area (Å²) in [5.41, 5.74) is 0.906. The molecule has 0 spiro atoms. The standard InChI is InChI=1S/C16H17Cl2N5O2/c1-19-14-11(18)7-20-16(23-14)22-12-6-13(25-2)9(5-10(12)17)15(24)21-8-3-4-8/h5-8H,3-4H2,1-2H3,(H,21,24)(H2,19,20,22,23). The Labute approximate surface area is 155 Å². The molecule has 0 radical (unpaired) electrons. The van der Waals surface area contributed by atoms with Crippen LogP contribution in [0.4, 0.5) is 17.5 Å². The molecule has 3 N–H and O–H groups in total. The summed E-state index contributed by atoms with van der Waals surface area (Å²) in [5, 5.41) is 9.55. The predicted molar refractivity (Wildman–Crippen MR) is 98.4 cm³/mol. The molecule has 0 unspecified atom stereocenters. The number of ether oxygens (including phenoxy) is 1. The van der Waals surface area contributed by atoms with Crippen molar-refractivity contribution in [2.24, 2.45) is 0 Å². The number of carbonyl (C=O) groups excluding carboxylic acids is 1. The van der Waals surface area contributed by atoms with Crippen LogP contribution in [0.3, 0.4) is 0 Å². The number of hydrogen-bond donors (Lipinski definition) is 3. The average molecular weight is 382 g/mol. The number of anilines is 3. The predicted octanol–water partition coefficient (Wildman–Crippen LogP) is 3.47. The van der Waals surface area contributed by atoms with E-state index in [0.29, 0.717) is 38.8 Å². The van der Waals surface area contributed by atoms with Crippen LogP contribution >= 0.6 is 23.2 Å². The molecule has 2 aromatic rings. The second kappa shape index (κ2) is 7.33. The van der Waals surface area contributed by atoms with Crippen LogP contribution in [0.1, 0.15) is 23.2 Å². The molecule has 1 heterocycles. The van der Waals surface area contributed by atoms with Crippen molar-refractivity contribution in [3.05, 3.63) is 33.9 Å². The van der Waals surface area contributed by atoms with Crippen LogP contribution in [0.2, 0.25) is 10.0 Å². The van der Waals surface area contributed by atoms with Gasteiger partial charge in [0.1, 0.15) is 16.6 Å². The number of aromatic nitrogens is 2. The van der Waals surface area contributed by atoms with E-state index in [1.807, 2.05) is 0 Å². The normalized spacial score (nSPS) is 13.3. The monoisotopic (exact) mass is 381 g/mol. The number of carbonyl (C=O) groups is 1. The molecule has 0 atom stereocenters. The van der Waals surface area contributed by atoms with Crippen LogP contribution in [-0.2, 0) is 0 Å². The molecular weight excluding hydrogens is 365 g/mol. The van der Waals surface area contributed by atoms with E-state index in [9.17, 15) is 4.79 Å². The number of rotatable bonds is 6. The van der Waals surface area contributed by atoms with E-state index in [-0.39, 0.29) is 11.9 Å². The van der Waals surface area contributed by atoms with Crippen LogP contribution < -0.4 is 20.7 Å². The minimum Gasteiger partial charge on any atom is -0.496 e. The molecule has 3 rings (SSSR count). The van der Waals surface area contributed by atoms with E-state index in [1.54, 1.807) is 19.2 Å². The first-order valence-corrected chi connectivity index (χ1v) is 8.43. The molecule has 1 saturated carbocycles. The minimum atomic E-state index is -0.201. The molecule has 132 valence electrons. The summed E-state index contributed by atoms with van der Waals surface area (Å²) in [6.07, 6.45) is 3.48. The molecule has 9 heteroatoms. The van der Waals surface area contributed by atoms with Gasteiger partial charge >= 0.3 is 0 Å². The molecule has 25 heavy (non-hydrogen) atoms. The van der Waals surface area contributed by atoms with Crippen LogP contribution in [0.25, 0.3) is 0 Å². The molecule has 1 aromatic carbocycles. The molecule has 0 saturated heterocycles. The third-order valence-corrected chi connectivity index (χ3v) is 4.26. The fourth-order valence-electron chi connectivity index (χ4n) is 2.21. The van der Waals surface area contributed by atoms with Gasteiger partial charge in [0.15, 0.2) is 0 Å². The molecule has 1 amide bonds. The van der Waals surface area contributed by atoms with E-state index < -0.39 is 0 Å². The summed E-state index contributed by atoms with van der Waals surface area (Å²) in [4.78, 5) is 20.7. The van der Waals surface area contributed by atoms with Crippen LogP contribution in [0.15, 0.2) is 18.3 Å². The van der Waals surface area contributed by atoms with Gasteiger partial charge in [0.2, 0.25) is 5.95 Å². The Balaban J connectivity index is 1.87. The Kier molecular flexibility index (Phi) is 5.15. The summed E-state index contributed by atoms with van der Waals surface area (Å²) in [6.45, 7) is 0. The Bertz CT molecular complexity index is 811. The minimum absolute atomic E-state index is 0.201. The van der Waals surface area contributed by atoms with Gasteiger partial charge in [0.25, 0.3) is 5.91 Å². The van der Waals surface area contributed by atoms with E-state index in [2.05, 4.69) is 25.9 Å². The SMILES string of the molecule is CNc1nc(Nc2cc(OC)c(C(=O)NC3CC3)cc2Cl)ncc1Cl. The molecule has 1 aliphatic carbocycles. The number of benzene rings is 1. The van der Waals surface area contributed by atoms with Gasteiger partial charge in [-0.25, -0.2) is 4.98 Å². The first-order chi connectivity index (χ1) is 12.0. The summed E-state index contributed by atoms with van der Waals surface area (Å²) in [5.74, 6) is 1.01. The lowest BCUT2D eigenvalue weighted by atomic mass is 10.1.